The second kappa shape index (κ2) is 6.06. The Morgan fingerprint density at radius 3 is 2.60 bits per heavy atom. The van der Waals surface area contributed by atoms with Crippen molar-refractivity contribution in [2.75, 3.05) is 18.9 Å². The largest absolute Gasteiger partial charge is 0.374 e. The summed E-state index contributed by atoms with van der Waals surface area (Å²) in [5.74, 6) is 0.378. The summed E-state index contributed by atoms with van der Waals surface area (Å²) in [6, 6.07) is 1.10. The van der Waals surface area contributed by atoms with Gasteiger partial charge in [0.15, 0.2) is 5.00 Å². The standard InChI is InChI=1S/C11H17N3O4S2/c1-12-11-9(14(15)16)6-10(19-11)20(17,18)13-7-8-4-2-3-5-8/h6,8,12-13H,2-5,7H2,1H3. The third-order valence-electron chi connectivity index (χ3n) is 3.42. The van der Waals surface area contributed by atoms with Gasteiger partial charge >= 0.3 is 5.69 Å². The molecule has 1 aromatic rings. The van der Waals surface area contributed by atoms with Crippen molar-refractivity contribution in [3.63, 3.8) is 0 Å². The molecule has 1 aliphatic rings. The van der Waals surface area contributed by atoms with Crippen LogP contribution in [0.3, 0.4) is 0 Å². The number of anilines is 1. The van der Waals surface area contributed by atoms with E-state index in [-0.39, 0.29) is 14.9 Å². The van der Waals surface area contributed by atoms with Gasteiger partial charge < -0.3 is 5.32 Å². The molecule has 0 aromatic carbocycles. The van der Waals surface area contributed by atoms with E-state index in [0.29, 0.717) is 12.5 Å². The SMILES string of the molecule is CNc1sc(S(=O)(=O)NCC2CCCC2)cc1[N+](=O)[O-]. The Hall–Kier alpha value is -1.19. The maximum absolute atomic E-state index is 12.1. The fourth-order valence-corrected chi connectivity index (χ4v) is 4.76. The number of rotatable bonds is 6. The lowest BCUT2D eigenvalue weighted by atomic mass is 10.1. The Balaban J connectivity index is 2.14. The maximum Gasteiger partial charge on any atom is 0.304 e. The van der Waals surface area contributed by atoms with E-state index >= 15 is 0 Å². The molecule has 2 N–H and O–H groups in total. The summed E-state index contributed by atoms with van der Waals surface area (Å²) in [6.45, 7) is 0.406. The van der Waals surface area contributed by atoms with Gasteiger partial charge in [-0.05, 0) is 18.8 Å². The van der Waals surface area contributed by atoms with E-state index in [1.54, 1.807) is 0 Å². The Bertz CT molecular complexity index is 591. The zero-order valence-corrected chi connectivity index (χ0v) is 12.7. The Kier molecular flexibility index (Phi) is 4.61. The molecule has 1 heterocycles. The Morgan fingerprint density at radius 1 is 1.45 bits per heavy atom. The summed E-state index contributed by atoms with van der Waals surface area (Å²) in [5.41, 5.74) is -0.209. The third-order valence-corrected chi connectivity index (χ3v) is 6.45. The van der Waals surface area contributed by atoms with Crippen LogP contribution in [0.4, 0.5) is 10.7 Å². The molecule has 1 aromatic heterocycles. The molecule has 0 aliphatic heterocycles. The molecule has 2 rings (SSSR count). The Morgan fingerprint density at radius 2 is 2.10 bits per heavy atom. The van der Waals surface area contributed by atoms with Crippen LogP contribution in [0, 0.1) is 16.0 Å². The zero-order valence-electron chi connectivity index (χ0n) is 11.1. The van der Waals surface area contributed by atoms with Crippen LogP contribution in [-0.2, 0) is 10.0 Å². The summed E-state index contributed by atoms with van der Waals surface area (Å²) in [4.78, 5) is 10.3. The first-order valence-corrected chi connectivity index (χ1v) is 8.69. The number of thiophene rings is 1. The lowest BCUT2D eigenvalue weighted by Crippen LogP contribution is -2.27. The van der Waals surface area contributed by atoms with Crippen LogP contribution in [0.15, 0.2) is 10.3 Å². The maximum atomic E-state index is 12.1. The number of sulfonamides is 1. The highest BCUT2D eigenvalue weighted by Crippen LogP contribution is 2.36. The van der Waals surface area contributed by atoms with Gasteiger partial charge in [0.05, 0.1) is 4.92 Å². The van der Waals surface area contributed by atoms with Crippen LogP contribution in [0.2, 0.25) is 0 Å². The van der Waals surface area contributed by atoms with Gasteiger partial charge in [0.25, 0.3) is 0 Å². The average Bonchev–Trinajstić information content (AvgIpc) is 3.05. The van der Waals surface area contributed by atoms with Crippen LogP contribution < -0.4 is 10.0 Å². The smallest absolute Gasteiger partial charge is 0.304 e. The van der Waals surface area contributed by atoms with Crippen LogP contribution in [0.25, 0.3) is 0 Å². The van der Waals surface area contributed by atoms with Crippen LogP contribution in [-0.4, -0.2) is 26.9 Å². The molecular formula is C11H17N3O4S2. The fourth-order valence-electron chi connectivity index (χ4n) is 2.32. The van der Waals surface area contributed by atoms with E-state index in [4.69, 9.17) is 0 Å². The number of nitrogens with zero attached hydrogens (tertiary/aromatic N) is 1. The minimum atomic E-state index is -3.67. The summed E-state index contributed by atoms with van der Waals surface area (Å²) in [5, 5.41) is 13.7. The molecule has 1 saturated carbocycles. The summed E-state index contributed by atoms with van der Waals surface area (Å²) >= 11 is 0.874. The van der Waals surface area contributed by atoms with Crippen molar-refractivity contribution in [2.45, 2.75) is 29.9 Å². The normalized spacial score (nSPS) is 16.4. The first-order chi connectivity index (χ1) is 9.44. The van der Waals surface area contributed by atoms with Gasteiger partial charge in [0, 0.05) is 19.7 Å². The Labute approximate surface area is 121 Å². The molecule has 0 bridgehead atoms. The molecule has 112 valence electrons. The van der Waals surface area contributed by atoms with E-state index in [1.165, 1.54) is 7.05 Å². The summed E-state index contributed by atoms with van der Waals surface area (Å²) < 4.78 is 26.8. The monoisotopic (exact) mass is 319 g/mol. The molecule has 0 saturated heterocycles. The number of nitrogens with one attached hydrogen (secondary N) is 2. The first kappa shape index (κ1) is 15.2. The van der Waals surface area contributed by atoms with Gasteiger partial charge in [-0.15, -0.1) is 0 Å². The molecule has 9 heteroatoms. The van der Waals surface area contributed by atoms with E-state index in [9.17, 15) is 18.5 Å². The van der Waals surface area contributed by atoms with Gasteiger partial charge in [-0.2, -0.15) is 0 Å². The lowest BCUT2D eigenvalue weighted by molar-refractivity contribution is -0.383. The van der Waals surface area contributed by atoms with E-state index in [1.807, 2.05) is 0 Å². The van der Waals surface area contributed by atoms with Crippen molar-refractivity contribution in [1.29, 1.82) is 0 Å². The molecule has 1 fully saturated rings. The fraction of sp³-hybridized carbons (Fsp3) is 0.636. The van der Waals surface area contributed by atoms with Gasteiger partial charge in [-0.3, -0.25) is 10.1 Å². The minimum Gasteiger partial charge on any atom is -0.374 e. The van der Waals surface area contributed by atoms with E-state index in [0.717, 1.165) is 43.1 Å². The summed E-state index contributed by atoms with van der Waals surface area (Å²) in [7, 11) is -2.14. The van der Waals surface area contributed by atoms with Crippen molar-refractivity contribution < 1.29 is 13.3 Å². The predicted octanol–water partition coefficient (Wildman–Crippen LogP) is 2.17. The highest BCUT2D eigenvalue weighted by Gasteiger charge is 2.26. The molecule has 0 amide bonds. The molecule has 1 aliphatic carbocycles. The van der Waals surface area contributed by atoms with Gasteiger partial charge in [0.1, 0.15) is 4.21 Å². The van der Waals surface area contributed by atoms with E-state index < -0.39 is 14.9 Å². The van der Waals surface area contributed by atoms with Crippen molar-refractivity contribution in [1.82, 2.24) is 4.72 Å². The van der Waals surface area contributed by atoms with Crippen molar-refractivity contribution >= 4 is 32.0 Å². The quantitative estimate of drug-likeness (QED) is 0.618. The number of hydrogen-bond acceptors (Lipinski definition) is 6. The first-order valence-electron chi connectivity index (χ1n) is 6.39. The second-order valence-electron chi connectivity index (χ2n) is 4.79. The summed E-state index contributed by atoms with van der Waals surface area (Å²) in [6.07, 6.45) is 4.35. The highest BCUT2D eigenvalue weighted by atomic mass is 32.2. The molecule has 0 unspecified atom stereocenters. The predicted molar refractivity (Wildman–Crippen MR) is 77.7 cm³/mol. The van der Waals surface area contributed by atoms with Crippen molar-refractivity contribution in [3.8, 4) is 0 Å². The molecule has 0 atom stereocenters. The lowest BCUT2D eigenvalue weighted by Gasteiger charge is -2.09. The van der Waals surface area contributed by atoms with Gasteiger partial charge in [-0.1, -0.05) is 24.2 Å². The number of nitro groups is 1. The van der Waals surface area contributed by atoms with Crippen molar-refractivity contribution in [3.05, 3.63) is 16.2 Å². The molecule has 20 heavy (non-hydrogen) atoms. The van der Waals surface area contributed by atoms with Crippen LogP contribution >= 0.6 is 11.3 Å². The number of hydrogen-bond donors (Lipinski definition) is 2. The van der Waals surface area contributed by atoms with Crippen molar-refractivity contribution in [2.24, 2.45) is 5.92 Å². The van der Waals surface area contributed by atoms with Gasteiger partial charge in [-0.25, -0.2) is 13.1 Å². The molecule has 7 nitrogen and oxygen atoms in total. The van der Waals surface area contributed by atoms with E-state index in [2.05, 4.69) is 10.0 Å². The topological polar surface area (TPSA) is 101 Å². The molecule has 0 radical (unpaired) electrons. The molecular weight excluding hydrogens is 302 g/mol. The molecule has 0 spiro atoms. The minimum absolute atomic E-state index is 0.0217. The van der Waals surface area contributed by atoms with Crippen LogP contribution in [0.1, 0.15) is 25.7 Å². The average molecular weight is 319 g/mol. The van der Waals surface area contributed by atoms with Gasteiger partial charge in [0.2, 0.25) is 10.0 Å². The third kappa shape index (κ3) is 3.28. The highest BCUT2D eigenvalue weighted by molar-refractivity contribution is 7.91. The zero-order chi connectivity index (χ0) is 14.8. The second-order valence-corrected chi connectivity index (χ2v) is 7.84. The van der Waals surface area contributed by atoms with Crippen LogP contribution in [0.5, 0.6) is 0 Å².